The zero-order chi connectivity index (χ0) is 15.6. The molecular formula is C15H20N4O2. The standard InChI is InChI=1S/C15H20N4O2/c1-5-6-11-13(10(3)20)9(2)16-14(11)15(21)17-12-7-8-19(4)18-12/h7-8,16H,5-6H2,1-4H3,(H,17,18,21). The first-order chi connectivity index (χ1) is 9.93. The molecule has 1 amide bonds. The van der Waals surface area contributed by atoms with Crippen molar-refractivity contribution < 1.29 is 9.59 Å². The molecule has 112 valence electrons. The highest BCUT2D eigenvalue weighted by Crippen LogP contribution is 2.22. The molecule has 2 aromatic heterocycles. The Kier molecular flexibility index (Phi) is 4.26. The number of amides is 1. The van der Waals surface area contributed by atoms with Gasteiger partial charge >= 0.3 is 0 Å². The number of carbonyl (C=O) groups excluding carboxylic acids is 2. The van der Waals surface area contributed by atoms with Crippen LogP contribution in [0.1, 0.15) is 52.4 Å². The molecule has 0 aliphatic rings. The normalized spacial score (nSPS) is 10.7. The number of carbonyl (C=O) groups is 2. The quantitative estimate of drug-likeness (QED) is 0.829. The average Bonchev–Trinajstić information content (AvgIpc) is 2.94. The first kappa shape index (κ1) is 15.0. The maximum Gasteiger partial charge on any atom is 0.273 e. The number of aromatic amines is 1. The minimum absolute atomic E-state index is 0.0240. The molecule has 0 fully saturated rings. The number of hydrogen-bond acceptors (Lipinski definition) is 3. The van der Waals surface area contributed by atoms with Crippen molar-refractivity contribution in [3.63, 3.8) is 0 Å². The van der Waals surface area contributed by atoms with Gasteiger partial charge in [-0.05, 0) is 25.8 Å². The van der Waals surface area contributed by atoms with E-state index in [1.54, 1.807) is 24.0 Å². The molecule has 0 saturated heterocycles. The summed E-state index contributed by atoms with van der Waals surface area (Å²) in [6.07, 6.45) is 3.30. The van der Waals surface area contributed by atoms with Crippen molar-refractivity contribution in [2.45, 2.75) is 33.6 Å². The molecule has 0 radical (unpaired) electrons. The van der Waals surface area contributed by atoms with E-state index >= 15 is 0 Å². The van der Waals surface area contributed by atoms with Crippen LogP contribution in [-0.2, 0) is 13.5 Å². The monoisotopic (exact) mass is 288 g/mol. The third kappa shape index (κ3) is 3.04. The Morgan fingerprint density at radius 2 is 2.14 bits per heavy atom. The Morgan fingerprint density at radius 1 is 1.43 bits per heavy atom. The van der Waals surface area contributed by atoms with E-state index in [9.17, 15) is 9.59 Å². The largest absolute Gasteiger partial charge is 0.354 e. The fraction of sp³-hybridized carbons (Fsp3) is 0.400. The Morgan fingerprint density at radius 3 is 2.67 bits per heavy atom. The third-order valence-electron chi connectivity index (χ3n) is 3.33. The van der Waals surface area contributed by atoms with Gasteiger partial charge in [-0.25, -0.2) is 0 Å². The summed E-state index contributed by atoms with van der Waals surface area (Å²) < 4.78 is 1.61. The molecule has 0 aliphatic heterocycles. The van der Waals surface area contributed by atoms with E-state index < -0.39 is 0 Å². The molecular weight excluding hydrogens is 268 g/mol. The Labute approximate surface area is 123 Å². The lowest BCUT2D eigenvalue weighted by molar-refractivity contribution is 0.101. The van der Waals surface area contributed by atoms with E-state index in [1.807, 2.05) is 13.8 Å². The molecule has 0 atom stereocenters. The van der Waals surface area contributed by atoms with Crippen LogP contribution < -0.4 is 5.32 Å². The van der Waals surface area contributed by atoms with Gasteiger partial charge in [0.2, 0.25) is 0 Å². The fourth-order valence-corrected chi connectivity index (χ4v) is 2.51. The highest BCUT2D eigenvalue weighted by atomic mass is 16.2. The van der Waals surface area contributed by atoms with Gasteiger partial charge in [0.25, 0.3) is 5.91 Å². The van der Waals surface area contributed by atoms with Gasteiger partial charge in [0.15, 0.2) is 11.6 Å². The fourth-order valence-electron chi connectivity index (χ4n) is 2.51. The first-order valence-corrected chi connectivity index (χ1v) is 6.97. The van der Waals surface area contributed by atoms with Gasteiger partial charge in [0, 0.05) is 30.6 Å². The van der Waals surface area contributed by atoms with E-state index in [1.165, 1.54) is 6.92 Å². The number of nitrogens with zero attached hydrogens (tertiary/aromatic N) is 2. The summed E-state index contributed by atoms with van der Waals surface area (Å²) in [4.78, 5) is 27.2. The van der Waals surface area contributed by atoms with Crippen LogP contribution in [-0.4, -0.2) is 26.5 Å². The van der Waals surface area contributed by atoms with Crippen LogP contribution in [0.2, 0.25) is 0 Å². The van der Waals surface area contributed by atoms with E-state index in [0.29, 0.717) is 23.5 Å². The number of Topliss-reactive ketones (excluding diaryl/α,β-unsaturated/α-hetero) is 1. The van der Waals surface area contributed by atoms with Crippen molar-refractivity contribution in [1.82, 2.24) is 14.8 Å². The molecule has 0 unspecified atom stereocenters. The predicted molar refractivity (Wildman–Crippen MR) is 80.7 cm³/mol. The van der Waals surface area contributed by atoms with Crippen molar-refractivity contribution in [2.24, 2.45) is 7.05 Å². The third-order valence-corrected chi connectivity index (χ3v) is 3.33. The maximum atomic E-state index is 12.4. The zero-order valence-electron chi connectivity index (χ0n) is 12.8. The van der Waals surface area contributed by atoms with E-state index in [2.05, 4.69) is 15.4 Å². The maximum absolute atomic E-state index is 12.4. The van der Waals surface area contributed by atoms with Gasteiger partial charge in [0.05, 0.1) is 0 Å². The van der Waals surface area contributed by atoms with E-state index in [0.717, 1.165) is 17.7 Å². The van der Waals surface area contributed by atoms with Crippen molar-refractivity contribution >= 4 is 17.5 Å². The van der Waals surface area contributed by atoms with Crippen LogP contribution >= 0.6 is 0 Å². The van der Waals surface area contributed by atoms with Crippen molar-refractivity contribution in [3.05, 3.63) is 34.8 Å². The van der Waals surface area contributed by atoms with Gasteiger partial charge in [-0.15, -0.1) is 0 Å². The van der Waals surface area contributed by atoms with E-state index in [-0.39, 0.29) is 11.7 Å². The van der Waals surface area contributed by atoms with Gasteiger partial charge in [-0.1, -0.05) is 13.3 Å². The SMILES string of the molecule is CCCc1c(C(=O)Nc2ccn(C)n2)[nH]c(C)c1C(C)=O. The van der Waals surface area contributed by atoms with Crippen LogP contribution in [0.3, 0.4) is 0 Å². The summed E-state index contributed by atoms with van der Waals surface area (Å²) in [5.74, 6) is 0.193. The Hall–Kier alpha value is -2.37. The van der Waals surface area contributed by atoms with Crippen LogP contribution in [0.4, 0.5) is 5.82 Å². The minimum Gasteiger partial charge on any atom is -0.354 e. The smallest absolute Gasteiger partial charge is 0.273 e. The summed E-state index contributed by atoms with van der Waals surface area (Å²) >= 11 is 0. The van der Waals surface area contributed by atoms with Gasteiger partial charge in [0.1, 0.15) is 5.69 Å². The van der Waals surface area contributed by atoms with Gasteiger partial charge in [-0.3, -0.25) is 14.3 Å². The second kappa shape index (κ2) is 5.95. The summed E-state index contributed by atoms with van der Waals surface area (Å²) in [6.45, 7) is 5.36. The molecule has 2 aromatic rings. The molecule has 21 heavy (non-hydrogen) atoms. The second-order valence-electron chi connectivity index (χ2n) is 5.11. The number of aryl methyl sites for hydroxylation is 2. The minimum atomic E-state index is -0.271. The van der Waals surface area contributed by atoms with Crippen LogP contribution in [0.5, 0.6) is 0 Å². The van der Waals surface area contributed by atoms with Crippen LogP contribution in [0.25, 0.3) is 0 Å². The average molecular weight is 288 g/mol. The highest BCUT2D eigenvalue weighted by molar-refractivity contribution is 6.07. The lowest BCUT2D eigenvalue weighted by Crippen LogP contribution is -2.15. The molecule has 0 spiro atoms. The second-order valence-corrected chi connectivity index (χ2v) is 5.11. The Bertz CT molecular complexity index is 682. The zero-order valence-corrected chi connectivity index (χ0v) is 12.8. The summed E-state index contributed by atoms with van der Waals surface area (Å²) in [5, 5.41) is 6.86. The molecule has 0 saturated carbocycles. The van der Waals surface area contributed by atoms with Crippen LogP contribution in [0.15, 0.2) is 12.3 Å². The highest BCUT2D eigenvalue weighted by Gasteiger charge is 2.22. The summed E-state index contributed by atoms with van der Waals surface area (Å²) in [7, 11) is 1.78. The molecule has 0 bridgehead atoms. The number of H-pyrrole nitrogens is 1. The molecule has 6 nitrogen and oxygen atoms in total. The number of anilines is 1. The lowest BCUT2D eigenvalue weighted by Gasteiger charge is -2.05. The van der Waals surface area contributed by atoms with E-state index in [4.69, 9.17) is 0 Å². The number of hydrogen-bond donors (Lipinski definition) is 2. The van der Waals surface area contributed by atoms with Gasteiger partial charge in [-0.2, -0.15) is 5.10 Å². The summed E-state index contributed by atoms with van der Waals surface area (Å²) in [6, 6.07) is 1.72. The number of nitrogens with one attached hydrogen (secondary N) is 2. The molecule has 0 aromatic carbocycles. The van der Waals surface area contributed by atoms with Gasteiger partial charge < -0.3 is 10.3 Å². The van der Waals surface area contributed by atoms with Crippen LogP contribution in [0, 0.1) is 6.92 Å². The number of aromatic nitrogens is 3. The molecule has 0 aliphatic carbocycles. The molecule has 2 N–H and O–H groups in total. The molecule has 2 rings (SSSR count). The topological polar surface area (TPSA) is 79.8 Å². The van der Waals surface area contributed by atoms with Crippen molar-refractivity contribution in [1.29, 1.82) is 0 Å². The molecule has 6 heteroatoms. The molecule has 2 heterocycles. The van der Waals surface area contributed by atoms with Crippen molar-refractivity contribution in [2.75, 3.05) is 5.32 Å². The number of ketones is 1. The number of rotatable bonds is 5. The first-order valence-electron chi connectivity index (χ1n) is 6.97. The summed E-state index contributed by atoms with van der Waals surface area (Å²) in [5.41, 5.74) is 2.60. The Balaban J connectivity index is 2.36. The lowest BCUT2D eigenvalue weighted by atomic mass is 10.0. The van der Waals surface area contributed by atoms with Crippen molar-refractivity contribution in [3.8, 4) is 0 Å². The predicted octanol–water partition coefficient (Wildman–Crippen LogP) is 2.46.